The summed E-state index contributed by atoms with van der Waals surface area (Å²) in [6.45, 7) is 3.66. The summed E-state index contributed by atoms with van der Waals surface area (Å²) < 4.78 is 0. The number of fused-ring (bicyclic) bond motifs is 2. The van der Waals surface area contributed by atoms with Crippen molar-refractivity contribution in [2.45, 2.75) is 20.0 Å². The highest BCUT2D eigenvalue weighted by atomic mass is 16.2. The number of hydrogen-bond acceptors (Lipinski definition) is 5. The lowest BCUT2D eigenvalue weighted by Crippen LogP contribution is -2.63. The molecule has 3 rings (SSSR count). The van der Waals surface area contributed by atoms with Gasteiger partial charge in [-0.05, 0) is 19.9 Å². The third-order valence-electron chi connectivity index (χ3n) is 3.05. The summed E-state index contributed by atoms with van der Waals surface area (Å²) >= 11 is 0. The number of carbonyl (C=O) groups excluding carboxylic acids is 1. The van der Waals surface area contributed by atoms with Crippen molar-refractivity contribution in [3.05, 3.63) is 34.8 Å². The Labute approximate surface area is 115 Å². The lowest BCUT2D eigenvalue weighted by atomic mass is 10.1. The number of para-hydroxylation sites is 1. The molecule has 1 saturated heterocycles. The Morgan fingerprint density at radius 2 is 2.20 bits per heavy atom. The van der Waals surface area contributed by atoms with E-state index in [1.54, 1.807) is 18.1 Å². The van der Waals surface area contributed by atoms with E-state index in [-0.39, 0.29) is 12.1 Å². The Hall–Kier alpha value is -2.70. The lowest BCUT2D eigenvalue weighted by Gasteiger charge is -2.36. The van der Waals surface area contributed by atoms with E-state index in [0.717, 1.165) is 10.6 Å². The number of hydrogen-bond donors (Lipinski definition) is 2. The van der Waals surface area contributed by atoms with Gasteiger partial charge < -0.3 is 0 Å². The van der Waals surface area contributed by atoms with E-state index in [1.165, 1.54) is 0 Å². The molecule has 1 fully saturated rings. The van der Waals surface area contributed by atoms with Gasteiger partial charge in [-0.15, -0.1) is 5.10 Å². The fourth-order valence-corrected chi connectivity index (χ4v) is 2.21. The third kappa shape index (κ3) is 1.93. The van der Waals surface area contributed by atoms with Gasteiger partial charge in [0, 0.05) is 11.4 Å². The van der Waals surface area contributed by atoms with E-state index in [1.807, 2.05) is 31.2 Å². The molecule has 0 radical (unpaired) electrons. The fraction of sp³-hybridized carbons (Fsp3) is 0.231. The summed E-state index contributed by atoms with van der Waals surface area (Å²) in [6, 6.07) is 7.56. The van der Waals surface area contributed by atoms with Gasteiger partial charge in [0.15, 0.2) is 0 Å². The highest BCUT2D eigenvalue weighted by molar-refractivity contribution is 6.20. The van der Waals surface area contributed by atoms with Crippen LogP contribution in [0.3, 0.4) is 0 Å². The molecule has 0 saturated carbocycles. The van der Waals surface area contributed by atoms with Gasteiger partial charge in [0.2, 0.25) is 5.96 Å². The first-order chi connectivity index (χ1) is 9.70. The molecule has 7 nitrogen and oxygen atoms in total. The molecule has 0 bridgehead atoms. The number of amides is 1. The van der Waals surface area contributed by atoms with Crippen LogP contribution in [0.1, 0.15) is 13.8 Å². The molecule has 0 aliphatic carbocycles. The van der Waals surface area contributed by atoms with Crippen LogP contribution < -0.4 is 21.3 Å². The summed E-state index contributed by atoms with van der Waals surface area (Å²) in [4.78, 5) is 16.9. The van der Waals surface area contributed by atoms with E-state index < -0.39 is 0 Å². The normalized spacial score (nSPS) is 23.0. The molecule has 1 aromatic carbocycles. The Morgan fingerprint density at radius 1 is 1.40 bits per heavy atom. The summed E-state index contributed by atoms with van der Waals surface area (Å²) in [6.07, 6.45) is 1.33. The zero-order chi connectivity index (χ0) is 14.1. The van der Waals surface area contributed by atoms with Crippen LogP contribution in [0, 0.1) is 0 Å². The summed E-state index contributed by atoms with van der Waals surface area (Å²) in [5, 5.41) is 13.6. The van der Waals surface area contributed by atoms with Gasteiger partial charge in [0.1, 0.15) is 11.9 Å². The molecule has 1 unspecified atom stereocenters. The molecule has 1 aromatic rings. The van der Waals surface area contributed by atoms with E-state index >= 15 is 0 Å². The van der Waals surface area contributed by atoms with Crippen LogP contribution >= 0.6 is 0 Å². The molecule has 2 heterocycles. The van der Waals surface area contributed by atoms with Crippen LogP contribution in [0.15, 0.2) is 39.5 Å². The summed E-state index contributed by atoms with van der Waals surface area (Å²) in [5.74, 6) is 0.0706. The second-order valence-corrected chi connectivity index (χ2v) is 4.38. The minimum absolute atomic E-state index is 0.207. The standard InChI is InChI=1S/C13H14N6O/c1-3-14-17-13-16-12(20)11-9-6-4-5-7-10(9)15-8(2)19(11)18-13/h3-8H,1-2H3,(H2,16,17,18,20)/b14-3+. The zero-order valence-corrected chi connectivity index (χ0v) is 11.2. The van der Waals surface area contributed by atoms with Crippen LogP contribution in [0.2, 0.25) is 0 Å². The number of rotatable bonds is 1. The molecule has 2 aliphatic rings. The molecule has 0 aromatic heterocycles. The fourth-order valence-electron chi connectivity index (χ4n) is 2.21. The van der Waals surface area contributed by atoms with Crippen molar-refractivity contribution in [2.24, 2.45) is 15.2 Å². The second kappa shape index (κ2) is 4.76. The quantitative estimate of drug-likeness (QED) is 0.511. The van der Waals surface area contributed by atoms with Gasteiger partial charge >= 0.3 is 0 Å². The first-order valence-corrected chi connectivity index (χ1v) is 6.31. The van der Waals surface area contributed by atoms with Gasteiger partial charge in [0.25, 0.3) is 5.91 Å². The van der Waals surface area contributed by atoms with E-state index in [4.69, 9.17) is 0 Å². The number of benzene rings is 1. The molecular formula is C13H14N6O. The number of hydrazine groups is 1. The molecule has 1 atom stereocenters. The van der Waals surface area contributed by atoms with Crippen molar-refractivity contribution in [3.63, 3.8) is 0 Å². The molecule has 20 heavy (non-hydrogen) atoms. The predicted octanol–water partition coefficient (Wildman–Crippen LogP) is -0.928. The number of nitrogens with one attached hydrogen (secondary N) is 2. The van der Waals surface area contributed by atoms with Crippen LogP contribution in [0.5, 0.6) is 0 Å². The smallest absolute Gasteiger partial charge is 0.276 e. The van der Waals surface area contributed by atoms with Crippen molar-refractivity contribution in [2.75, 3.05) is 0 Å². The molecule has 102 valence electrons. The predicted molar refractivity (Wildman–Crippen MR) is 74.8 cm³/mol. The van der Waals surface area contributed by atoms with Crippen LogP contribution in [-0.4, -0.2) is 29.3 Å². The Bertz CT molecular complexity index is 735. The van der Waals surface area contributed by atoms with Crippen LogP contribution in [0.25, 0.3) is 5.70 Å². The Balaban J connectivity index is 2.14. The van der Waals surface area contributed by atoms with Crippen molar-refractivity contribution < 1.29 is 4.79 Å². The molecule has 7 heteroatoms. The van der Waals surface area contributed by atoms with Crippen molar-refractivity contribution in [1.82, 2.24) is 15.8 Å². The lowest BCUT2D eigenvalue weighted by molar-refractivity contribution is -0.116. The maximum absolute atomic E-state index is 12.3. The largest absolute Gasteiger partial charge is 0.288 e. The monoisotopic (exact) mass is 270 g/mol. The average Bonchev–Trinajstić information content (AvgIpc) is 2.45. The first-order valence-electron chi connectivity index (χ1n) is 6.31. The van der Waals surface area contributed by atoms with Gasteiger partial charge in [-0.2, -0.15) is 5.10 Å². The van der Waals surface area contributed by atoms with Gasteiger partial charge in [-0.3, -0.25) is 25.5 Å². The van der Waals surface area contributed by atoms with Crippen LogP contribution in [0.4, 0.5) is 0 Å². The minimum atomic E-state index is -0.219. The molecule has 2 aliphatic heterocycles. The number of guanidine groups is 1. The molecule has 2 N–H and O–H groups in total. The topological polar surface area (TPSA) is 81.5 Å². The van der Waals surface area contributed by atoms with E-state index in [9.17, 15) is 4.79 Å². The van der Waals surface area contributed by atoms with Crippen molar-refractivity contribution >= 4 is 23.8 Å². The third-order valence-corrected chi connectivity index (χ3v) is 3.05. The maximum Gasteiger partial charge on any atom is 0.276 e. The highest BCUT2D eigenvalue weighted by Gasteiger charge is 2.32. The minimum Gasteiger partial charge on any atom is -0.288 e. The number of nitrogens with zero attached hydrogens (tertiary/aromatic N) is 4. The summed E-state index contributed by atoms with van der Waals surface area (Å²) in [7, 11) is 0. The van der Waals surface area contributed by atoms with Gasteiger partial charge in [-0.1, -0.05) is 18.2 Å². The zero-order valence-electron chi connectivity index (χ0n) is 11.2. The van der Waals surface area contributed by atoms with E-state index in [0.29, 0.717) is 11.7 Å². The Morgan fingerprint density at radius 3 is 3.00 bits per heavy atom. The number of carbonyl (C=O) groups is 1. The molecule has 1 amide bonds. The SMILES string of the molecule is C/C=N/N=C1\NC(=O)C2=c3ccccc3=NC(C)N2N1. The second-order valence-electron chi connectivity index (χ2n) is 4.38. The first kappa shape index (κ1) is 12.3. The summed E-state index contributed by atoms with van der Waals surface area (Å²) in [5.41, 5.74) is 3.56. The highest BCUT2D eigenvalue weighted by Crippen LogP contribution is 2.12. The van der Waals surface area contributed by atoms with E-state index in [2.05, 4.69) is 25.9 Å². The molecule has 0 spiro atoms. The van der Waals surface area contributed by atoms with Crippen molar-refractivity contribution in [1.29, 1.82) is 0 Å². The Kier molecular flexibility index (Phi) is 2.94. The average molecular weight is 270 g/mol. The van der Waals surface area contributed by atoms with Crippen molar-refractivity contribution in [3.8, 4) is 0 Å². The molecular weight excluding hydrogens is 256 g/mol. The maximum atomic E-state index is 12.3. The van der Waals surface area contributed by atoms with Crippen LogP contribution in [-0.2, 0) is 4.79 Å². The van der Waals surface area contributed by atoms with Gasteiger partial charge in [-0.25, -0.2) is 0 Å². The van der Waals surface area contributed by atoms with Gasteiger partial charge in [0.05, 0.1) is 5.36 Å².